The highest BCUT2D eigenvalue weighted by atomic mass is 32.2. The maximum absolute atomic E-state index is 13.4. The van der Waals surface area contributed by atoms with Crippen LogP contribution in [0.5, 0.6) is 0 Å². The van der Waals surface area contributed by atoms with Gasteiger partial charge in [0.15, 0.2) is 0 Å². The van der Waals surface area contributed by atoms with E-state index in [9.17, 15) is 14.4 Å². The van der Waals surface area contributed by atoms with Crippen molar-refractivity contribution in [2.24, 2.45) is 0 Å². The molecule has 2 atom stereocenters. The van der Waals surface area contributed by atoms with Crippen LogP contribution in [0.2, 0.25) is 0 Å². The van der Waals surface area contributed by atoms with Gasteiger partial charge in [0.1, 0.15) is 12.1 Å². The van der Waals surface area contributed by atoms with Crippen molar-refractivity contribution in [2.75, 3.05) is 18.0 Å². The Morgan fingerprint density at radius 3 is 2.61 bits per heavy atom. The number of nitrogens with one attached hydrogen (secondary N) is 1. The average Bonchev–Trinajstić information content (AvgIpc) is 2.94. The Balaban J connectivity index is 1.41. The van der Waals surface area contributed by atoms with Gasteiger partial charge >= 0.3 is 6.03 Å². The smallest absolute Gasteiger partial charge is 0.319 e. The zero-order valence-corrected chi connectivity index (χ0v) is 19.4. The lowest BCUT2D eigenvalue weighted by atomic mass is 9.90. The van der Waals surface area contributed by atoms with Gasteiger partial charge in [0, 0.05) is 16.7 Å². The second-order valence-electron chi connectivity index (χ2n) is 8.74. The largest absolute Gasteiger partial charge is 0.325 e. The molecule has 1 saturated heterocycles. The second kappa shape index (κ2) is 8.23. The summed E-state index contributed by atoms with van der Waals surface area (Å²) in [4.78, 5) is 43.4. The van der Waals surface area contributed by atoms with E-state index in [4.69, 9.17) is 0 Å². The lowest BCUT2D eigenvalue weighted by Gasteiger charge is -2.25. The van der Waals surface area contributed by atoms with Crippen molar-refractivity contribution in [3.63, 3.8) is 0 Å². The number of urea groups is 1. The molecule has 1 N–H and O–H groups in total. The van der Waals surface area contributed by atoms with Gasteiger partial charge in [0.25, 0.3) is 5.91 Å². The Hall–Kier alpha value is -3.32. The second-order valence-corrected chi connectivity index (χ2v) is 10.2. The molecular formula is C26H25N3O3S. The Morgan fingerprint density at radius 2 is 1.79 bits per heavy atom. The fourth-order valence-electron chi connectivity index (χ4n) is 4.50. The molecule has 168 valence electrons. The van der Waals surface area contributed by atoms with Crippen molar-refractivity contribution in [3.05, 3.63) is 72.3 Å². The summed E-state index contributed by atoms with van der Waals surface area (Å²) in [5, 5.41) is 5.24. The molecule has 3 aromatic carbocycles. The highest BCUT2D eigenvalue weighted by Crippen LogP contribution is 2.37. The van der Waals surface area contributed by atoms with Gasteiger partial charge in [-0.05, 0) is 47.9 Å². The molecule has 5 rings (SSSR count). The summed E-state index contributed by atoms with van der Waals surface area (Å²) < 4.78 is 0. The number of hydrogen-bond donors (Lipinski definition) is 1. The van der Waals surface area contributed by atoms with Crippen LogP contribution in [-0.2, 0) is 15.1 Å². The third kappa shape index (κ3) is 3.76. The molecule has 2 aliphatic heterocycles. The SMILES string of the molecule is C[C@@H]1CCN(C(=O)CN2C(=O)N[C@](C)(c3ccc4ccccc4c3)C2=O)c2ccccc2S1. The maximum atomic E-state index is 13.4. The summed E-state index contributed by atoms with van der Waals surface area (Å²) in [6, 6.07) is 20.8. The average molecular weight is 460 g/mol. The standard InChI is InChI=1S/C26H25N3O3S/c1-17-13-14-28(21-9-5-6-10-22(21)33-17)23(30)16-29-24(31)26(2,27-25(29)32)20-12-11-18-7-3-4-8-19(18)15-20/h3-12,15,17H,13-14,16H2,1-2H3,(H,27,32)/t17-,26-/m1/s1. The molecule has 3 aromatic rings. The van der Waals surface area contributed by atoms with E-state index in [0.29, 0.717) is 17.4 Å². The third-order valence-electron chi connectivity index (χ3n) is 6.44. The number of carbonyl (C=O) groups excluding carboxylic acids is 3. The van der Waals surface area contributed by atoms with Crippen LogP contribution in [0.25, 0.3) is 10.8 Å². The fourth-order valence-corrected chi connectivity index (χ4v) is 5.62. The minimum absolute atomic E-state index is 0.261. The van der Waals surface area contributed by atoms with Crippen LogP contribution in [-0.4, -0.2) is 41.1 Å². The number of amides is 4. The van der Waals surface area contributed by atoms with Crippen LogP contribution in [0.1, 0.15) is 25.8 Å². The quantitative estimate of drug-likeness (QED) is 0.585. The molecule has 0 bridgehead atoms. The summed E-state index contributed by atoms with van der Waals surface area (Å²) in [6.07, 6.45) is 0.833. The minimum atomic E-state index is -1.22. The van der Waals surface area contributed by atoms with E-state index in [-0.39, 0.29) is 12.5 Å². The predicted octanol–water partition coefficient (Wildman–Crippen LogP) is 4.52. The van der Waals surface area contributed by atoms with Crippen molar-refractivity contribution in [3.8, 4) is 0 Å². The Labute approximate surface area is 196 Å². The zero-order chi connectivity index (χ0) is 23.2. The minimum Gasteiger partial charge on any atom is -0.319 e. The van der Waals surface area contributed by atoms with Crippen LogP contribution in [0.15, 0.2) is 71.6 Å². The van der Waals surface area contributed by atoms with Crippen molar-refractivity contribution < 1.29 is 14.4 Å². The Kier molecular flexibility index (Phi) is 5.37. The Bertz CT molecular complexity index is 1280. The molecule has 2 aliphatic rings. The molecular weight excluding hydrogens is 434 g/mol. The van der Waals surface area contributed by atoms with E-state index >= 15 is 0 Å². The van der Waals surface area contributed by atoms with Crippen LogP contribution < -0.4 is 10.2 Å². The summed E-state index contributed by atoms with van der Waals surface area (Å²) in [5.74, 6) is -0.676. The van der Waals surface area contributed by atoms with Gasteiger partial charge in [-0.3, -0.25) is 14.5 Å². The van der Waals surface area contributed by atoms with Gasteiger partial charge in [-0.15, -0.1) is 11.8 Å². The molecule has 0 radical (unpaired) electrons. The number of benzene rings is 3. The van der Waals surface area contributed by atoms with Crippen molar-refractivity contribution in [1.29, 1.82) is 0 Å². The van der Waals surface area contributed by atoms with E-state index in [1.807, 2.05) is 66.7 Å². The van der Waals surface area contributed by atoms with Gasteiger partial charge < -0.3 is 10.2 Å². The molecule has 0 aromatic heterocycles. The van der Waals surface area contributed by atoms with Gasteiger partial charge in [0.05, 0.1) is 5.69 Å². The molecule has 0 unspecified atom stereocenters. The first-order chi connectivity index (χ1) is 15.9. The number of rotatable bonds is 3. The van der Waals surface area contributed by atoms with E-state index in [2.05, 4.69) is 12.2 Å². The summed E-state index contributed by atoms with van der Waals surface area (Å²) >= 11 is 1.74. The number of carbonyl (C=O) groups is 3. The molecule has 0 saturated carbocycles. The number of thioether (sulfide) groups is 1. The van der Waals surface area contributed by atoms with Crippen LogP contribution in [0.3, 0.4) is 0 Å². The zero-order valence-electron chi connectivity index (χ0n) is 18.6. The summed E-state index contributed by atoms with van der Waals surface area (Å²) in [5.41, 5.74) is 0.309. The lowest BCUT2D eigenvalue weighted by molar-refractivity contribution is -0.134. The number of nitrogens with zero attached hydrogens (tertiary/aromatic N) is 2. The molecule has 0 aliphatic carbocycles. The fraction of sp³-hybridized carbons (Fsp3) is 0.269. The molecule has 2 heterocycles. The first kappa shape index (κ1) is 21.5. The van der Waals surface area contributed by atoms with Crippen LogP contribution in [0.4, 0.5) is 10.5 Å². The molecule has 4 amide bonds. The number of imide groups is 1. The highest BCUT2D eigenvalue weighted by Gasteiger charge is 2.50. The highest BCUT2D eigenvalue weighted by molar-refractivity contribution is 8.00. The molecule has 6 nitrogen and oxygen atoms in total. The van der Waals surface area contributed by atoms with Gasteiger partial charge in [0.2, 0.25) is 5.91 Å². The molecule has 7 heteroatoms. The topological polar surface area (TPSA) is 69.7 Å². The van der Waals surface area contributed by atoms with E-state index < -0.39 is 17.5 Å². The maximum Gasteiger partial charge on any atom is 0.325 e. The van der Waals surface area contributed by atoms with Crippen LogP contribution in [0, 0.1) is 0 Å². The molecule has 1 fully saturated rings. The van der Waals surface area contributed by atoms with Crippen molar-refractivity contribution >= 4 is 46.1 Å². The molecule has 0 spiro atoms. The predicted molar refractivity (Wildman–Crippen MR) is 130 cm³/mol. The van der Waals surface area contributed by atoms with E-state index in [0.717, 1.165) is 32.7 Å². The number of hydrogen-bond acceptors (Lipinski definition) is 4. The first-order valence-electron chi connectivity index (χ1n) is 11.1. The van der Waals surface area contributed by atoms with Gasteiger partial charge in [-0.1, -0.05) is 55.5 Å². The third-order valence-corrected chi connectivity index (χ3v) is 7.68. The van der Waals surface area contributed by atoms with Gasteiger partial charge in [-0.25, -0.2) is 4.79 Å². The van der Waals surface area contributed by atoms with Crippen molar-refractivity contribution in [2.45, 2.75) is 36.0 Å². The first-order valence-corrected chi connectivity index (χ1v) is 11.9. The lowest BCUT2D eigenvalue weighted by Crippen LogP contribution is -2.45. The summed E-state index contributed by atoms with van der Waals surface area (Å²) in [7, 11) is 0. The van der Waals surface area contributed by atoms with Crippen molar-refractivity contribution in [1.82, 2.24) is 10.2 Å². The number of para-hydroxylation sites is 1. The number of fused-ring (bicyclic) bond motifs is 2. The monoisotopic (exact) mass is 459 g/mol. The normalized spacial score (nSPS) is 22.8. The van der Waals surface area contributed by atoms with Crippen LogP contribution >= 0.6 is 11.8 Å². The van der Waals surface area contributed by atoms with E-state index in [1.165, 1.54) is 0 Å². The van der Waals surface area contributed by atoms with Gasteiger partial charge in [-0.2, -0.15) is 0 Å². The Morgan fingerprint density at radius 1 is 1.06 bits per heavy atom. The number of anilines is 1. The molecule has 33 heavy (non-hydrogen) atoms. The van der Waals surface area contributed by atoms with E-state index in [1.54, 1.807) is 23.6 Å². The summed E-state index contributed by atoms with van der Waals surface area (Å²) in [6.45, 7) is 4.10.